The van der Waals surface area contributed by atoms with Crippen molar-refractivity contribution >= 4 is 11.9 Å². The summed E-state index contributed by atoms with van der Waals surface area (Å²) in [5.74, 6) is -0.561. The van der Waals surface area contributed by atoms with Crippen molar-refractivity contribution in [2.24, 2.45) is 0 Å². The maximum Gasteiger partial charge on any atom is 0.333 e. The molecule has 0 radical (unpaired) electrons. The minimum Gasteiger partial charge on any atom is -0.462 e. The van der Waals surface area contributed by atoms with Gasteiger partial charge in [0.15, 0.2) is 0 Å². The van der Waals surface area contributed by atoms with E-state index in [0.717, 1.165) is 32.1 Å². The molecule has 0 fully saturated rings. The molecule has 0 spiro atoms. The molecule has 21 heavy (non-hydrogen) atoms. The molecule has 0 aromatic heterocycles. The van der Waals surface area contributed by atoms with Crippen LogP contribution in [0.15, 0.2) is 24.3 Å². The van der Waals surface area contributed by atoms with Crippen LogP contribution in [0.3, 0.4) is 0 Å². The lowest BCUT2D eigenvalue weighted by Crippen LogP contribution is -2.05. The summed E-state index contributed by atoms with van der Waals surface area (Å²) in [5, 5.41) is 0. The zero-order chi connectivity index (χ0) is 16.7. The van der Waals surface area contributed by atoms with E-state index in [1.165, 1.54) is 0 Å². The summed E-state index contributed by atoms with van der Waals surface area (Å²) < 4.78 is 9.67. The fraction of sp³-hybridized carbons (Fsp3) is 0.647. The molecule has 0 atom stereocenters. The number of esters is 2. The largest absolute Gasteiger partial charge is 0.462 e. The molecule has 122 valence electrons. The van der Waals surface area contributed by atoms with Crippen LogP contribution < -0.4 is 0 Å². The SMILES string of the molecule is C=C(C)C(=O)OCCCC.C=C(C)C(=O)OCCCCC. The lowest BCUT2D eigenvalue weighted by molar-refractivity contribution is -0.139. The van der Waals surface area contributed by atoms with Crippen molar-refractivity contribution in [2.45, 2.75) is 59.8 Å². The first-order valence-corrected chi connectivity index (χ1v) is 7.52. The molecule has 0 unspecified atom stereocenters. The lowest BCUT2D eigenvalue weighted by Gasteiger charge is -2.02. The molecule has 0 N–H and O–H groups in total. The molecule has 0 aliphatic heterocycles. The summed E-state index contributed by atoms with van der Waals surface area (Å²) in [7, 11) is 0. The second-order valence-electron chi connectivity index (χ2n) is 4.89. The Bertz CT molecular complexity index is 332. The van der Waals surface area contributed by atoms with Crippen LogP contribution in [0.25, 0.3) is 0 Å². The fourth-order valence-electron chi connectivity index (χ4n) is 1.07. The molecular weight excluding hydrogens is 268 g/mol. The number of carbonyl (C=O) groups is 2. The van der Waals surface area contributed by atoms with E-state index in [1.807, 2.05) is 0 Å². The van der Waals surface area contributed by atoms with E-state index in [2.05, 4.69) is 27.0 Å². The zero-order valence-electron chi connectivity index (χ0n) is 14.0. The predicted octanol–water partition coefficient (Wildman–Crippen LogP) is 4.20. The zero-order valence-corrected chi connectivity index (χ0v) is 14.0. The van der Waals surface area contributed by atoms with Gasteiger partial charge in [0.2, 0.25) is 0 Å². The summed E-state index contributed by atoms with van der Waals surface area (Å²) in [6.07, 6.45) is 5.19. The van der Waals surface area contributed by atoms with Gasteiger partial charge in [0.1, 0.15) is 0 Å². The van der Waals surface area contributed by atoms with Crippen molar-refractivity contribution in [3.63, 3.8) is 0 Å². The highest BCUT2D eigenvalue weighted by atomic mass is 16.5. The van der Waals surface area contributed by atoms with Crippen molar-refractivity contribution < 1.29 is 19.1 Å². The number of carbonyl (C=O) groups excluding carboxylic acids is 2. The molecule has 0 aromatic rings. The standard InChI is InChI=1S/C9H16O2.C8H14O2/c1-4-5-6-7-11-9(10)8(2)3;1-4-5-6-10-8(9)7(2)3/h2,4-7H2,1,3H3;2,4-6H2,1,3H3. The Morgan fingerprint density at radius 3 is 1.48 bits per heavy atom. The van der Waals surface area contributed by atoms with Crippen LogP contribution in [-0.2, 0) is 19.1 Å². The quantitative estimate of drug-likeness (QED) is 0.363. The summed E-state index contributed by atoms with van der Waals surface area (Å²) in [6, 6.07) is 0. The van der Waals surface area contributed by atoms with Crippen LogP contribution in [0, 0.1) is 0 Å². The molecule has 4 heteroatoms. The molecule has 0 aliphatic carbocycles. The summed E-state index contributed by atoms with van der Waals surface area (Å²) in [5.41, 5.74) is 0.942. The Hall–Kier alpha value is -1.58. The minimum atomic E-state index is -0.284. The van der Waals surface area contributed by atoms with E-state index < -0.39 is 0 Å². The van der Waals surface area contributed by atoms with Gasteiger partial charge < -0.3 is 9.47 Å². The van der Waals surface area contributed by atoms with E-state index in [4.69, 9.17) is 9.47 Å². The average molecular weight is 298 g/mol. The Morgan fingerprint density at radius 2 is 1.14 bits per heavy atom. The Morgan fingerprint density at radius 1 is 0.762 bits per heavy atom. The van der Waals surface area contributed by atoms with Crippen molar-refractivity contribution in [1.29, 1.82) is 0 Å². The number of hydrogen-bond acceptors (Lipinski definition) is 4. The topological polar surface area (TPSA) is 52.6 Å². The summed E-state index contributed by atoms with van der Waals surface area (Å²) >= 11 is 0. The first-order chi connectivity index (χ1) is 9.86. The van der Waals surface area contributed by atoms with Gasteiger partial charge in [0, 0.05) is 11.1 Å². The molecule has 0 rings (SSSR count). The van der Waals surface area contributed by atoms with E-state index in [9.17, 15) is 9.59 Å². The van der Waals surface area contributed by atoms with E-state index >= 15 is 0 Å². The van der Waals surface area contributed by atoms with Gasteiger partial charge in [-0.05, 0) is 26.7 Å². The monoisotopic (exact) mass is 298 g/mol. The van der Waals surface area contributed by atoms with Crippen molar-refractivity contribution in [3.8, 4) is 0 Å². The Balaban J connectivity index is 0. The number of ether oxygens (including phenoxy) is 2. The molecule has 0 aromatic carbocycles. The highest BCUT2D eigenvalue weighted by molar-refractivity contribution is 5.87. The predicted molar refractivity (Wildman–Crippen MR) is 86.0 cm³/mol. The van der Waals surface area contributed by atoms with E-state index in [-0.39, 0.29) is 11.9 Å². The van der Waals surface area contributed by atoms with Crippen LogP contribution in [0.4, 0.5) is 0 Å². The molecule has 4 nitrogen and oxygen atoms in total. The fourth-order valence-corrected chi connectivity index (χ4v) is 1.07. The van der Waals surface area contributed by atoms with Gasteiger partial charge >= 0.3 is 11.9 Å². The molecule has 0 saturated heterocycles. The van der Waals surface area contributed by atoms with Crippen LogP contribution in [0.1, 0.15) is 59.8 Å². The number of rotatable bonds is 9. The van der Waals surface area contributed by atoms with Crippen molar-refractivity contribution in [1.82, 2.24) is 0 Å². The number of unbranched alkanes of at least 4 members (excludes halogenated alkanes) is 3. The van der Waals surface area contributed by atoms with Gasteiger partial charge in [-0.25, -0.2) is 9.59 Å². The van der Waals surface area contributed by atoms with Crippen LogP contribution in [-0.4, -0.2) is 25.2 Å². The van der Waals surface area contributed by atoms with E-state index in [0.29, 0.717) is 24.4 Å². The van der Waals surface area contributed by atoms with Gasteiger partial charge in [-0.2, -0.15) is 0 Å². The Labute approximate surface area is 129 Å². The average Bonchev–Trinajstić information content (AvgIpc) is 2.44. The van der Waals surface area contributed by atoms with Gasteiger partial charge in [-0.3, -0.25) is 0 Å². The Kier molecular flexibility index (Phi) is 15.3. The third kappa shape index (κ3) is 16.4. The first-order valence-electron chi connectivity index (χ1n) is 7.52. The normalized spacial score (nSPS) is 9.14. The van der Waals surface area contributed by atoms with Crippen LogP contribution in [0.5, 0.6) is 0 Å². The minimum absolute atomic E-state index is 0.277. The van der Waals surface area contributed by atoms with Crippen LogP contribution >= 0.6 is 0 Å². The third-order valence-electron chi connectivity index (χ3n) is 2.41. The highest BCUT2D eigenvalue weighted by Crippen LogP contribution is 1.97. The molecule has 0 bridgehead atoms. The third-order valence-corrected chi connectivity index (χ3v) is 2.41. The molecular formula is C17H30O4. The summed E-state index contributed by atoms with van der Waals surface area (Å²) in [4.78, 5) is 21.5. The second kappa shape index (κ2) is 14.8. The first kappa shape index (κ1) is 21.7. The molecule has 0 amide bonds. The van der Waals surface area contributed by atoms with Gasteiger partial charge in [0.25, 0.3) is 0 Å². The van der Waals surface area contributed by atoms with Crippen molar-refractivity contribution in [2.75, 3.05) is 13.2 Å². The smallest absolute Gasteiger partial charge is 0.333 e. The molecule has 0 heterocycles. The number of hydrogen-bond donors (Lipinski definition) is 0. The maximum atomic E-state index is 10.8. The van der Waals surface area contributed by atoms with Crippen LogP contribution in [0.2, 0.25) is 0 Å². The second-order valence-corrected chi connectivity index (χ2v) is 4.89. The highest BCUT2D eigenvalue weighted by Gasteiger charge is 2.01. The van der Waals surface area contributed by atoms with Gasteiger partial charge in [0.05, 0.1) is 13.2 Å². The van der Waals surface area contributed by atoms with Gasteiger partial charge in [-0.1, -0.05) is 46.3 Å². The summed E-state index contributed by atoms with van der Waals surface area (Å²) in [6.45, 7) is 15.4. The molecule has 0 saturated carbocycles. The van der Waals surface area contributed by atoms with Gasteiger partial charge in [-0.15, -0.1) is 0 Å². The maximum absolute atomic E-state index is 10.8. The van der Waals surface area contributed by atoms with E-state index in [1.54, 1.807) is 13.8 Å². The van der Waals surface area contributed by atoms with Crippen molar-refractivity contribution in [3.05, 3.63) is 24.3 Å². The molecule has 0 aliphatic rings. The lowest BCUT2D eigenvalue weighted by atomic mass is 10.3.